The Kier molecular flexibility index (Phi) is 3.05. The average Bonchev–Trinajstić information content (AvgIpc) is 2.68. The van der Waals surface area contributed by atoms with Gasteiger partial charge in [-0.1, -0.05) is 21.1 Å². The first-order chi connectivity index (χ1) is 7.65. The van der Waals surface area contributed by atoms with Crippen molar-refractivity contribution in [3.63, 3.8) is 0 Å². The standard InChI is InChI=1S/C11H9BrN2O2/c1-7-4-8(6-9(12)5-7)11(15)13-10-2-3-16-14-10/h2-6H,1H3,(H,13,14,15). The molecule has 0 radical (unpaired) electrons. The second-order valence-electron chi connectivity index (χ2n) is 3.36. The van der Waals surface area contributed by atoms with Gasteiger partial charge in [0.25, 0.3) is 5.91 Å². The van der Waals surface area contributed by atoms with Gasteiger partial charge in [-0.2, -0.15) is 0 Å². The molecule has 1 N–H and O–H groups in total. The summed E-state index contributed by atoms with van der Waals surface area (Å²) in [6.07, 6.45) is 1.40. The van der Waals surface area contributed by atoms with Crippen LogP contribution in [0.3, 0.4) is 0 Å². The molecule has 5 heteroatoms. The summed E-state index contributed by atoms with van der Waals surface area (Å²) in [5.74, 6) is 0.195. The summed E-state index contributed by atoms with van der Waals surface area (Å²) in [5, 5.41) is 6.24. The van der Waals surface area contributed by atoms with Gasteiger partial charge in [-0.05, 0) is 30.7 Å². The first-order valence-corrected chi connectivity index (χ1v) is 5.43. The number of benzene rings is 1. The van der Waals surface area contributed by atoms with Gasteiger partial charge in [-0.3, -0.25) is 4.79 Å². The van der Waals surface area contributed by atoms with E-state index in [-0.39, 0.29) is 5.91 Å². The minimum atomic E-state index is -0.210. The number of carbonyl (C=O) groups is 1. The molecular weight excluding hydrogens is 272 g/mol. The lowest BCUT2D eigenvalue weighted by molar-refractivity contribution is 0.102. The van der Waals surface area contributed by atoms with Gasteiger partial charge in [-0.15, -0.1) is 0 Å². The van der Waals surface area contributed by atoms with Crippen LogP contribution >= 0.6 is 15.9 Å². The van der Waals surface area contributed by atoms with E-state index in [0.717, 1.165) is 10.0 Å². The fourth-order valence-electron chi connectivity index (χ4n) is 1.33. The van der Waals surface area contributed by atoms with Crippen molar-refractivity contribution in [1.82, 2.24) is 5.16 Å². The molecule has 0 aliphatic carbocycles. The molecule has 1 amide bonds. The first kappa shape index (κ1) is 10.9. The van der Waals surface area contributed by atoms with Gasteiger partial charge >= 0.3 is 0 Å². The van der Waals surface area contributed by atoms with E-state index in [1.54, 1.807) is 18.2 Å². The van der Waals surface area contributed by atoms with Gasteiger partial charge in [0.05, 0.1) is 0 Å². The summed E-state index contributed by atoms with van der Waals surface area (Å²) in [6.45, 7) is 1.93. The number of nitrogens with zero attached hydrogens (tertiary/aromatic N) is 1. The summed E-state index contributed by atoms with van der Waals surface area (Å²) in [6, 6.07) is 7.08. The normalized spacial score (nSPS) is 10.1. The number of rotatable bonds is 2. The van der Waals surface area contributed by atoms with E-state index >= 15 is 0 Å². The number of aromatic nitrogens is 1. The molecule has 2 rings (SSSR count). The maximum absolute atomic E-state index is 11.8. The highest BCUT2D eigenvalue weighted by molar-refractivity contribution is 9.10. The van der Waals surface area contributed by atoms with E-state index in [4.69, 9.17) is 0 Å². The summed E-state index contributed by atoms with van der Waals surface area (Å²) < 4.78 is 5.50. The number of hydrogen-bond acceptors (Lipinski definition) is 3. The molecule has 0 unspecified atom stereocenters. The molecule has 4 nitrogen and oxygen atoms in total. The van der Waals surface area contributed by atoms with Crippen LogP contribution in [0.4, 0.5) is 5.82 Å². The molecule has 0 fully saturated rings. The fraction of sp³-hybridized carbons (Fsp3) is 0.0909. The van der Waals surface area contributed by atoms with Gasteiger partial charge in [0.1, 0.15) is 6.26 Å². The Morgan fingerprint density at radius 3 is 2.88 bits per heavy atom. The average molecular weight is 281 g/mol. The lowest BCUT2D eigenvalue weighted by Crippen LogP contribution is -2.12. The number of halogens is 1. The van der Waals surface area contributed by atoms with Crippen LogP contribution in [0.15, 0.2) is 39.5 Å². The molecule has 0 saturated carbocycles. The zero-order valence-electron chi connectivity index (χ0n) is 8.53. The lowest BCUT2D eigenvalue weighted by Gasteiger charge is -2.03. The van der Waals surface area contributed by atoms with E-state index in [0.29, 0.717) is 11.4 Å². The second-order valence-corrected chi connectivity index (χ2v) is 4.27. The van der Waals surface area contributed by atoms with Crippen molar-refractivity contribution in [3.8, 4) is 0 Å². The van der Waals surface area contributed by atoms with Crippen molar-refractivity contribution in [2.75, 3.05) is 5.32 Å². The molecule has 0 spiro atoms. The minimum Gasteiger partial charge on any atom is -0.363 e. The van der Waals surface area contributed by atoms with E-state index < -0.39 is 0 Å². The highest BCUT2D eigenvalue weighted by atomic mass is 79.9. The Balaban J connectivity index is 2.21. The molecule has 0 aliphatic heterocycles. The third-order valence-corrected chi connectivity index (χ3v) is 2.44. The van der Waals surface area contributed by atoms with Crippen LogP contribution in [0.1, 0.15) is 15.9 Å². The highest BCUT2D eigenvalue weighted by Gasteiger charge is 2.08. The molecule has 0 saturated heterocycles. The van der Waals surface area contributed by atoms with Crippen LogP contribution in [0.2, 0.25) is 0 Å². The molecule has 0 aliphatic rings. The Morgan fingerprint density at radius 1 is 1.44 bits per heavy atom. The maximum atomic E-state index is 11.8. The molecule has 1 heterocycles. The predicted molar refractivity (Wildman–Crippen MR) is 63.3 cm³/mol. The highest BCUT2D eigenvalue weighted by Crippen LogP contribution is 2.16. The van der Waals surface area contributed by atoms with Gasteiger partial charge in [0.15, 0.2) is 5.82 Å². The van der Waals surface area contributed by atoms with E-state index in [2.05, 4.69) is 30.9 Å². The zero-order valence-corrected chi connectivity index (χ0v) is 10.1. The van der Waals surface area contributed by atoms with Crippen LogP contribution in [0.25, 0.3) is 0 Å². The maximum Gasteiger partial charge on any atom is 0.256 e. The van der Waals surface area contributed by atoms with E-state index in [9.17, 15) is 4.79 Å². The Morgan fingerprint density at radius 2 is 2.25 bits per heavy atom. The third kappa shape index (κ3) is 2.49. The van der Waals surface area contributed by atoms with Crippen LogP contribution in [0.5, 0.6) is 0 Å². The van der Waals surface area contributed by atoms with Crippen molar-refractivity contribution < 1.29 is 9.32 Å². The lowest BCUT2D eigenvalue weighted by atomic mass is 10.1. The number of nitrogens with one attached hydrogen (secondary N) is 1. The molecule has 1 aromatic carbocycles. The van der Waals surface area contributed by atoms with Crippen molar-refractivity contribution in [1.29, 1.82) is 0 Å². The Hall–Kier alpha value is -1.62. The number of hydrogen-bond donors (Lipinski definition) is 1. The van der Waals surface area contributed by atoms with Crippen LogP contribution < -0.4 is 5.32 Å². The summed E-state index contributed by atoms with van der Waals surface area (Å²) in [4.78, 5) is 11.8. The molecule has 2 aromatic rings. The monoisotopic (exact) mass is 280 g/mol. The van der Waals surface area contributed by atoms with Crippen molar-refractivity contribution in [2.45, 2.75) is 6.92 Å². The minimum absolute atomic E-state index is 0.210. The van der Waals surface area contributed by atoms with Gasteiger partial charge < -0.3 is 9.84 Å². The Bertz CT molecular complexity index is 488. The molecular formula is C11H9BrN2O2. The number of amides is 1. The fourth-order valence-corrected chi connectivity index (χ4v) is 1.94. The smallest absolute Gasteiger partial charge is 0.256 e. The summed E-state index contributed by atoms with van der Waals surface area (Å²) in [7, 11) is 0. The van der Waals surface area contributed by atoms with Crippen molar-refractivity contribution in [2.24, 2.45) is 0 Å². The van der Waals surface area contributed by atoms with Gasteiger partial charge in [0, 0.05) is 16.1 Å². The quantitative estimate of drug-likeness (QED) is 0.920. The molecule has 82 valence electrons. The largest absolute Gasteiger partial charge is 0.363 e. The SMILES string of the molecule is Cc1cc(Br)cc(C(=O)Nc2ccon2)c1. The van der Waals surface area contributed by atoms with Crippen LogP contribution in [-0.4, -0.2) is 11.1 Å². The van der Waals surface area contributed by atoms with Gasteiger partial charge in [0.2, 0.25) is 0 Å². The molecule has 1 aromatic heterocycles. The topological polar surface area (TPSA) is 55.1 Å². The second kappa shape index (κ2) is 4.49. The summed E-state index contributed by atoms with van der Waals surface area (Å²) >= 11 is 3.35. The predicted octanol–water partition coefficient (Wildman–Crippen LogP) is 3.00. The van der Waals surface area contributed by atoms with E-state index in [1.165, 1.54) is 6.26 Å². The van der Waals surface area contributed by atoms with Crippen molar-refractivity contribution in [3.05, 3.63) is 46.1 Å². The number of carbonyl (C=O) groups excluding carboxylic acids is 1. The summed E-state index contributed by atoms with van der Waals surface area (Å²) in [5.41, 5.74) is 1.59. The third-order valence-electron chi connectivity index (χ3n) is 1.98. The molecule has 0 atom stereocenters. The van der Waals surface area contributed by atoms with Crippen LogP contribution in [-0.2, 0) is 0 Å². The van der Waals surface area contributed by atoms with Crippen molar-refractivity contribution >= 4 is 27.7 Å². The molecule has 0 bridgehead atoms. The zero-order chi connectivity index (χ0) is 11.5. The number of anilines is 1. The van der Waals surface area contributed by atoms with Crippen LogP contribution in [0, 0.1) is 6.92 Å². The van der Waals surface area contributed by atoms with Gasteiger partial charge in [-0.25, -0.2) is 0 Å². The number of aryl methyl sites for hydroxylation is 1. The Labute approximate surface area is 101 Å². The first-order valence-electron chi connectivity index (χ1n) is 4.64. The van der Waals surface area contributed by atoms with E-state index in [1.807, 2.05) is 13.0 Å². The molecule has 16 heavy (non-hydrogen) atoms.